The predicted molar refractivity (Wildman–Crippen MR) is 92.3 cm³/mol. The van der Waals surface area contributed by atoms with E-state index in [-0.39, 0.29) is 16.6 Å². The number of hydrogen-bond donors (Lipinski definition) is 2. The second-order valence-corrected chi connectivity index (χ2v) is 5.97. The van der Waals surface area contributed by atoms with Crippen molar-refractivity contribution in [2.24, 2.45) is 0 Å². The van der Waals surface area contributed by atoms with Gasteiger partial charge in [-0.2, -0.15) is 0 Å². The van der Waals surface area contributed by atoms with Crippen molar-refractivity contribution in [3.05, 3.63) is 52.8 Å². The molecule has 2 aromatic rings. The van der Waals surface area contributed by atoms with Gasteiger partial charge in [-0.3, -0.25) is 9.59 Å². The maximum Gasteiger partial charge on any atom is 0.255 e. The Kier molecular flexibility index (Phi) is 4.40. The van der Waals surface area contributed by atoms with Crippen molar-refractivity contribution in [2.45, 2.75) is 6.42 Å². The number of carbonyl (C=O) groups is 2. The number of amides is 2. The van der Waals surface area contributed by atoms with E-state index in [1.54, 1.807) is 18.2 Å². The lowest BCUT2D eigenvalue weighted by atomic mass is 10.1. The van der Waals surface area contributed by atoms with E-state index in [4.69, 9.17) is 11.6 Å². The highest BCUT2D eigenvalue weighted by Gasteiger charge is 2.18. The first kappa shape index (κ1) is 16.3. The molecule has 24 heavy (non-hydrogen) atoms. The lowest BCUT2D eigenvalue weighted by Crippen LogP contribution is -2.18. The number of rotatable bonds is 2. The highest BCUT2D eigenvalue weighted by molar-refractivity contribution is 6.30. The van der Waals surface area contributed by atoms with E-state index >= 15 is 0 Å². The summed E-state index contributed by atoms with van der Waals surface area (Å²) in [6.45, 7) is 0.598. The van der Waals surface area contributed by atoms with Crippen LogP contribution < -0.4 is 15.5 Å². The van der Waals surface area contributed by atoms with Gasteiger partial charge < -0.3 is 15.5 Å². The monoisotopic (exact) mass is 347 g/mol. The maximum atomic E-state index is 13.8. The second kappa shape index (κ2) is 6.49. The largest absolute Gasteiger partial charge is 0.372 e. The molecule has 0 saturated heterocycles. The van der Waals surface area contributed by atoms with Crippen LogP contribution in [-0.2, 0) is 4.79 Å². The van der Waals surface area contributed by atoms with Crippen LogP contribution in [0.2, 0.25) is 5.02 Å². The van der Waals surface area contributed by atoms with E-state index in [1.807, 2.05) is 11.9 Å². The van der Waals surface area contributed by atoms with Crippen LogP contribution in [0, 0.1) is 5.82 Å². The van der Waals surface area contributed by atoms with Crippen LogP contribution in [0.5, 0.6) is 0 Å². The van der Waals surface area contributed by atoms with Crippen LogP contribution in [0.1, 0.15) is 16.8 Å². The molecule has 0 aromatic heterocycles. The van der Waals surface area contributed by atoms with Gasteiger partial charge in [-0.1, -0.05) is 11.6 Å². The van der Waals surface area contributed by atoms with Crippen molar-refractivity contribution in [3.8, 4) is 0 Å². The first-order chi connectivity index (χ1) is 11.4. The van der Waals surface area contributed by atoms with Crippen LogP contribution in [0.3, 0.4) is 0 Å². The summed E-state index contributed by atoms with van der Waals surface area (Å²) >= 11 is 5.70. The van der Waals surface area contributed by atoms with Crippen LogP contribution in [0.15, 0.2) is 36.4 Å². The Bertz CT molecular complexity index is 825. The van der Waals surface area contributed by atoms with E-state index in [0.29, 0.717) is 24.2 Å². The SMILES string of the molecule is CN1CCC(=O)Nc2cc(C(=O)Nc3ccc(Cl)cc3F)ccc21. The van der Waals surface area contributed by atoms with Crippen LogP contribution in [0.25, 0.3) is 0 Å². The van der Waals surface area contributed by atoms with Gasteiger partial charge in [0, 0.05) is 30.6 Å². The smallest absolute Gasteiger partial charge is 0.255 e. The molecule has 0 unspecified atom stereocenters. The predicted octanol–water partition coefficient (Wildman–Crippen LogP) is 3.51. The van der Waals surface area contributed by atoms with Crippen molar-refractivity contribution in [1.29, 1.82) is 0 Å². The molecule has 0 aliphatic carbocycles. The highest BCUT2D eigenvalue weighted by atomic mass is 35.5. The molecule has 1 aliphatic rings. The Morgan fingerprint density at radius 1 is 1.29 bits per heavy atom. The van der Waals surface area contributed by atoms with Gasteiger partial charge in [0.2, 0.25) is 5.91 Å². The maximum absolute atomic E-state index is 13.8. The fourth-order valence-corrected chi connectivity index (χ4v) is 2.66. The third-order valence-electron chi connectivity index (χ3n) is 3.80. The van der Waals surface area contributed by atoms with E-state index in [0.717, 1.165) is 11.8 Å². The van der Waals surface area contributed by atoms with Gasteiger partial charge in [-0.25, -0.2) is 4.39 Å². The Hall–Kier alpha value is -2.60. The molecule has 0 bridgehead atoms. The highest BCUT2D eigenvalue weighted by Crippen LogP contribution is 2.29. The number of fused-ring (bicyclic) bond motifs is 1. The minimum Gasteiger partial charge on any atom is -0.372 e. The van der Waals surface area contributed by atoms with Gasteiger partial charge in [0.25, 0.3) is 5.91 Å². The summed E-state index contributed by atoms with van der Waals surface area (Å²) in [5.74, 6) is -1.19. The van der Waals surface area contributed by atoms with Gasteiger partial charge in [-0.15, -0.1) is 0 Å². The van der Waals surface area contributed by atoms with E-state index in [9.17, 15) is 14.0 Å². The Labute approximate surface area is 143 Å². The molecule has 0 spiro atoms. The van der Waals surface area contributed by atoms with Crippen LogP contribution >= 0.6 is 11.6 Å². The first-order valence-corrected chi connectivity index (χ1v) is 7.73. The standard InChI is InChI=1S/C17H15ClFN3O2/c1-22-7-6-16(23)20-14-8-10(2-5-15(14)22)17(24)21-13-4-3-11(18)9-12(13)19/h2-5,8-9H,6-7H2,1H3,(H,20,23)(H,21,24). The van der Waals surface area contributed by atoms with E-state index in [1.165, 1.54) is 12.1 Å². The summed E-state index contributed by atoms with van der Waals surface area (Å²) in [4.78, 5) is 26.0. The molecule has 0 atom stereocenters. The minimum absolute atomic E-state index is 0.0421. The lowest BCUT2D eigenvalue weighted by Gasteiger charge is -2.18. The molecule has 2 aromatic carbocycles. The molecular formula is C17H15ClFN3O2. The average Bonchev–Trinajstić information content (AvgIpc) is 2.68. The van der Waals surface area contributed by atoms with Gasteiger partial charge in [0.1, 0.15) is 5.82 Å². The van der Waals surface area contributed by atoms with Gasteiger partial charge in [0.05, 0.1) is 17.1 Å². The summed E-state index contributed by atoms with van der Waals surface area (Å²) in [6, 6.07) is 8.99. The molecule has 7 heteroatoms. The summed E-state index contributed by atoms with van der Waals surface area (Å²) < 4.78 is 13.8. The third kappa shape index (κ3) is 3.33. The zero-order valence-corrected chi connectivity index (χ0v) is 13.7. The minimum atomic E-state index is -0.612. The Balaban J connectivity index is 1.87. The second-order valence-electron chi connectivity index (χ2n) is 5.53. The van der Waals surface area contributed by atoms with E-state index < -0.39 is 11.7 Å². The Morgan fingerprint density at radius 3 is 2.83 bits per heavy atom. The van der Waals surface area contributed by atoms with Gasteiger partial charge >= 0.3 is 0 Å². The molecule has 0 fully saturated rings. The molecule has 3 rings (SSSR count). The summed E-state index contributed by atoms with van der Waals surface area (Å²) in [5.41, 5.74) is 1.75. The normalized spacial score (nSPS) is 13.8. The van der Waals surface area contributed by atoms with Crippen molar-refractivity contribution in [1.82, 2.24) is 0 Å². The zero-order chi connectivity index (χ0) is 17.3. The quantitative estimate of drug-likeness (QED) is 0.874. The number of anilines is 3. The number of hydrogen-bond acceptors (Lipinski definition) is 3. The number of halogens is 2. The molecule has 1 aliphatic heterocycles. The fraction of sp³-hybridized carbons (Fsp3) is 0.176. The Morgan fingerprint density at radius 2 is 2.08 bits per heavy atom. The first-order valence-electron chi connectivity index (χ1n) is 7.35. The topological polar surface area (TPSA) is 61.4 Å². The molecular weight excluding hydrogens is 333 g/mol. The molecule has 124 valence electrons. The van der Waals surface area contributed by atoms with Crippen molar-refractivity contribution < 1.29 is 14.0 Å². The number of benzene rings is 2. The average molecular weight is 348 g/mol. The number of nitrogens with zero attached hydrogens (tertiary/aromatic N) is 1. The zero-order valence-electron chi connectivity index (χ0n) is 12.9. The van der Waals surface area contributed by atoms with Gasteiger partial charge in [-0.05, 0) is 36.4 Å². The molecule has 0 radical (unpaired) electrons. The molecule has 1 heterocycles. The van der Waals surface area contributed by atoms with E-state index in [2.05, 4.69) is 10.6 Å². The molecule has 2 amide bonds. The summed E-state index contributed by atoms with van der Waals surface area (Å²) in [5, 5.41) is 5.53. The summed E-state index contributed by atoms with van der Waals surface area (Å²) in [7, 11) is 1.88. The number of nitrogens with one attached hydrogen (secondary N) is 2. The van der Waals surface area contributed by atoms with Crippen LogP contribution in [-0.4, -0.2) is 25.4 Å². The molecule has 5 nitrogen and oxygen atoms in total. The van der Waals surface area contributed by atoms with Crippen LogP contribution in [0.4, 0.5) is 21.5 Å². The third-order valence-corrected chi connectivity index (χ3v) is 4.03. The summed E-state index contributed by atoms with van der Waals surface area (Å²) in [6.07, 6.45) is 0.378. The van der Waals surface area contributed by atoms with Crippen molar-refractivity contribution >= 4 is 40.5 Å². The number of carbonyl (C=O) groups excluding carboxylic acids is 2. The molecule has 0 saturated carbocycles. The van der Waals surface area contributed by atoms with Gasteiger partial charge in [0.15, 0.2) is 0 Å². The lowest BCUT2D eigenvalue weighted by molar-refractivity contribution is -0.115. The van der Waals surface area contributed by atoms with Crippen molar-refractivity contribution in [2.75, 3.05) is 29.1 Å². The van der Waals surface area contributed by atoms with Crippen molar-refractivity contribution in [3.63, 3.8) is 0 Å². The fourth-order valence-electron chi connectivity index (χ4n) is 2.50. The molecule has 2 N–H and O–H groups in total.